The molecule has 1 aliphatic heterocycles. The molecule has 0 radical (unpaired) electrons. The van der Waals surface area contributed by atoms with Crippen molar-refractivity contribution in [2.45, 2.75) is 12.5 Å². The number of para-hydroxylation sites is 3. The van der Waals surface area contributed by atoms with E-state index in [-0.39, 0.29) is 18.2 Å². The predicted octanol–water partition coefficient (Wildman–Crippen LogP) is 3.10. The van der Waals surface area contributed by atoms with Gasteiger partial charge in [-0.2, -0.15) is 0 Å². The minimum Gasteiger partial charge on any atom is -0.372 e. The first-order valence-corrected chi connectivity index (χ1v) is 7.22. The van der Waals surface area contributed by atoms with Gasteiger partial charge in [-0.3, -0.25) is 9.59 Å². The van der Waals surface area contributed by atoms with Crippen LogP contribution in [0.5, 0.6) is 0 Å². The molecule has 0 bridgehead atoms. The Morgan fingerprint density at radius 2 is 1.77 bits per heavy atom. The molecule has 0 spiro atoms. The third kappa shape index (κ3) is 3.04. The molecule has 2 amide bonds. The van der Waals surface area contributed by atoms with Gasteiger partial charge in [0, 0.05) is 0 Å². The molecule has 3 N–H and O–H groups in total. The molecule has 0 aliphatic carbocycles. The number of halogens is 1. The van der Waals surface area contributed by atoms with Crippen LogP contribution in [0, 0.1) is 0 Å². The van der Waals surface area contributed by atoms with E-state index in [1.54, 1.807) is 30.3 Å². The van der Waals surface area contributed by atoms with Gasteiger partial charge in [0.05, 0.1) is 28.5 Å². The molecule has 3 rings (SSSR count). The Hall–Kier alpha value is -2.53. The summed E-state index contributed by atoms with van der Waals surface area (Å²) in [4.78, 5) is 24.1. The van der Waals surface area contributed by atoms with E-state index in [4.69, 9.17) is 11.6 Å². The summed E-state index contributed by atoms with van der Waals surface area (Å²) in [6.07, 6.45) is 0.0192. The van der Waals surface area contributed by atoms with Gasteiger partial charge in [-0.25, -0.2) is 0 Å². The largest absolute Gasteiger partial charge is 0.372 e. The van der Waals surface area contributed by atoms with Gasteiger partial charge in [0.2, 0.25) is 11.8 Å². The van der Waals surface area contributed by atoms with Crippen LogP contribution in [0.15, 0.2) is 48.5 Å². The minimum atomic E-state index is -0.614. The Kier molecular flexibility index (Phi) is 3.98. The van der Waals surface area contributed by atoms with Gasteiger partial charge < -0.3 is 16.0 Å². The first-order chi connectivity index (χ1) is 10.6. The molecule has 0 saturated carbocycles. The summed E-state index contributed by atoms with van der Waals surface area (Å²) in [6, 6.07) is 13.7. The quantitative estimate of drug-likeness (QED) is 0.815. The van der Waals surface area contributed by atoms with E-state index in [1.165, 1.54) is 0 Å². The first-order valence-electron chi connectivity index (χ1n) is 6.84. The van der Waals surface area contributed by atoms with Crippen LogP contribution in [-0.2, 0) is 9.59 Å². The van der Waals surface area contributed by atoms with Crippen LogP contribution in [0.2, 0.25) is 5.02 Å². The average Bonchev–Trinajstić information content (AvgIpc) is 2.50. The van der Waals surface area contributed by atoms with Crippen LogP contribution in [-0.4, -0.2) is 17.9 Å². The highest BCUT2D eigenvalue weighted by molar-refractivity contribution is 6.33. The minimum absolute atomic E-state index is 0.0192. The second-order valence-electron chi connectivity index (χ2n) is 4.96. The Bertz CT molecular complexity index is 733. The lowest BCUT2D eigenvalue weighted by Crippen LogP contribution is -2.41. The number of benzene rings is 2. The summed E-state index contributed by atoms with van der Waals surface area (Å²) in [7, 11) is 0. The van der Waals surface area contributed by atoms with Crippen molar-refractivity contribution in [1.29, 1.82) is 0 Å². The van der Waals surface area contributed by atoms with Crippen molar-refractivity contribution in [2.75, 3.05) is 16.0 Å². The standard InChI is InChI=1S/C16H14ClN3O2/c17-10-5-1-2-6-11(10)19-15(21)9-14-16(22)20-13-8-4-3-7-12(13)18-14/h1-8,14,18H,9H2,(H,19,21)(H,20,22)/t14-/m1/s1. The molecule has 0 unspecified atom stereocenters. The van der Waals surface area contributed by atoms with Crippen molar-refractivity contribution < 1.29 is 9.59 Å². The van der Waals surface area contributed by atoms with E-state index in [9.17, 15) is 9.59 Å². The van der Waals surface area contributed by atoms with E-state index in [0.29, 0.717) is 10.7 Å². The molecular formula is C16H14ClN3O2. The molecule has 1 heterocycles. The van der Waals surface area contributed by atoms with E-state index in [2.05, 4.69) is 16.0 Å². The summed E-state index contributed by atoms with van der Waals surface area (Å²) in [5.41, 5.74) is 2.05. The monoisotopic (exact) mass is 315 g/mol. The summed E-state index contributed by atoms with van der Waals surface area (Å²) in [5.74, 6) is -0.506. The predicted molar refractivity (Wildman–Crippen MR) is 87.2 cm³/mol. The molecule has 6 heteroatoms. The van der Waals surface area contributed by atoms with E-state index in [1.807, 2.05) is 18.2 Å². The molecule has 1 atom stereocenters. The topological polar surface area (TPSA) is 70.2 Å². The van der Waals surface area contributed by atoms with E-state index < -0.39 is 6.04 Å². The zero-order valence-corrected chi connectivity index (χ0v) is 12.4. The number of anilines is 3. The van der Waals surface area contributed by atoms with Crippen molar-refractivity contribution in [2.24, 2.45) is 0 Å². The molecule has 5 nitrogen and oxygen atoms in total. The second kappa shape index (κ2) is 6.07. The summed E-state index contributed by atoms with van der Waals surface area (Å²) in [6.45, 7) is 0. The smallest absolute Gasteiger partial charge is 0.247 e. The number of hydrogen-bond donors (Lipinski definition) is 3. The van der Waals surface area contributed by atoms with Crippen LogP contribution >= 0.6 is 11.6 Å². The number of hydrogen-bond acceptors (Lipinski definition) is 3. The highest BCUT2D eigenvalue weighted by Gasteiger charge is 2.27. The molecule has 112 valence electrons. The zero-order valence-electron chi connectivity index (χ0n) is 11.6. The Balaban J connectivity index is 1.67. The fourth-order valence-corrected chi connectivity index (χ4v) is 2.47. The molecule has 0 fully saturated rings. The van der Waals surface area contributed by atoms with Crippen LogP contribution in [0.4, 0.5) is 17.1 Å². The van der Waals surface area contributed by atoms with Crippen LogP contribution < -0.4 is 16.0 Å². The number of fused-ring (bicyclic) bond motifs is 1. The third-order valence-electron chi connectivity index (χ3n) is 3.37. The molecule has 0 saturated heterocycles. The van der Waals surface area contributed by atoms with Gasteiger partial charge in [0.15, 0.2) is 0 Å². The number of rotatable bonds is 3. The maximum absolute atomic E-state index is 12.1. The van der Waals surface area contributed by atoms with Crippen LogP contribution in [0.25, 0.3) is 0 Å². The molecule has 2 aromatic carbocycles. The Labute approximate surface area is 132 Å². The van der Waals surface area contributed by atoms with Crippen molar-refractivity contribution in [3.63, 3.8) is 0 Å². The maximum Gasteiger partial charge on any atom is 0.247 e. The zero-order chi connectivity index (χ0) is 15.5. The van der Waals surface area contributed by atoms with Gasteiger partial charge in [-0.1, -0.05) is 35.9 Å². The van der Waals surface area contributed by atoms with Gasteiger partial charge in [0.25, 0.3) is 0 Å². The number of carbonyl (C=O) groups excluding carboxylic acids is 2. The van der Waals surface area contributed by atoms with Gasteiger partial charge in [-0.15, -0.1) is 0 Å². The summed E-state index contributed by atoms with van der Waals surface area (Å²) < 4.78 is 0. The van der Waals surface area contributed by atoms with Gasteiger partial charge >= 0.3 is 0 Å². The Morgan fingerprint density at radius 3 is 2.55 bits per heavy atom. The lowest BCUT2D eigenvalue weighted by atomic mass is 10.1. The second-order valence-corrected chi connectivity index (χ2v) is 5.37. The van der Waals surface area contributed by atoms with Crippen molar-refractivity contribution in [3.05, 3.63) is 53.6 Å². The molecule has 22 heavy (non-hydrogen) atoms. The van der Waals surface area contributed by atoms with Gasteiger partial charge in [-0.05, 0) is 24.3 Å². The summed E-state index contributed by atoms with van der Waals surface area (Å²) >= 11 is 6.00. The highest BCUT2D eigenvalue weighted by atomic mass is 35.5. The lowest BCUT2D eigenvalue weighted by Gasteiger charge is -2.26. The molecule has 1 aliphatic rings. The summed E-state index contributed by atoms with van der Waals surface area (Å²) in [5, 5.41) is 9.03. The fraction of sp³-hybridized carbons (Fsp3) is 0.125. The SMILES string of the molecule is O=C(C[C@H]1Nc2ccccc2NC1=O)Nc1ccccc1Cl. The first kappa shape index (κ1) is 14.4. The fourth-order valence-electron chi connectivity index (χ4n) is 2.28. The number of carbonyl (C=O) groups is 2. The lowest BCUT2D eigenvalue weighted by molar-refractivity contribution is -0.122. The van der Waals surface area contributed by atoms with Crippen molar-refractivity contribution in [3.8, 4) is 0 Å². The Morgan fingerprint density at radius 1 is 1.09 bits per heavy atom. The van der Waals surface area contributed by atoms with E-state index >= 15 is 0 Å². The molecule has 0 aromatic heterocycles. The van der Waals surface area contributed by atoms with Crippen molar-refractivity contribution in [1.82, 2.24) is 0 Å². The normalized spacial score (nSPS) is 16.2. The molecular weight excluding hydrogens is 302 g/mol. The van der Waals surface area contributed by atoms with Gasteiger partial charge in [0.1, 0.15) is 6.04 Å². The highest BCUT2D eigenvalue weighted by Crippen LogP contribution is 2.27. The number of amides is 2. The average molecular weight is 316 g/mol. The third-order valence-corrected chi connectivity index (χ3v) is 3.70. The van der Waals surface area contributed by atoms with Crippen LogP contribution in [0.3, 0.4) is 0 Å². The van der Waals surface area contributed by atoms with E-state index in [0.717, 1.165) is 11.4 Å². The van der Waals surface area contributed by atoms with Crippen molar-refractivity contribution >= 4 is 40.5 Å². The number of nitrogens with one attached hydrogen (secondary N) is 3. The molecule has 2 aromatic rings. The maximum atomic E-state index is 12.1. The van der Waals surface area contributed by atoms with Crippen LogP contribution in [0.1, 0.15) is 6.42 Å².